The first-order valence-corrected chi connectivity index (χ1v) is 19.4. The molecule has 14 heteroatoms. The molecule has 0 bridgehead atoms. The lowest BCUT2D eigenvalue weighted by Crippen LogP contribution is -2.56. The normalized spacial score (nSPS) is 24.4. The number of aliphatic hydroxyl groups excluding tert-OH is 1. The highest BCUT2D eigenvalue weighted by Crippen LogP contribution is 2.52. The third-order valence-electron chi connectivity index (χ3n) is 11.1. The molecule has 6 N–H and O–H groups in total. The molecule has 1 heterocycles. The van der Waals surface area contributed by atoms with Gasteiger partial charge in [-0.25, -0.2) is 0 Å². The average molecular weight is 767 g/mol. The van der Waals surface area contributed by atoms with Gasteiger partial charge in [-0.15, -0.1) is 0 Å². The third-order valence-corrected chi connectivity index (χ3v) is 11.1. The first kappa shape index (κ1) is 41.8. The van der Waals surface area contributed by atoms with Crippen molar-refractivity contribution in [3.05, 3.63) is 51.6 Å². The first-order chi connectivity index (χ1) is 26.2. The molecule has 3 aliphatic rings. The molecule has 0 radical (unpaired) electrons. The Balaban J connectivity index is 1.28. The molecule has 1 saturated heterocycles. The van der Waals surface area contributed by atoms with Crippen LogP contribution in [0.25, 0.3) is 0 Å². The lowest BCUT2D eigenvalue weighted by molar-refractivity contribution is -0.249. The fourth-order valence-electron chi connectivity index (χ4n) is 7.89. The topological polar surface area (TPSA) is 218 Å². The Labute approximate surface area is 320 Å². The molecular weight excluding hydrogens is 712 g/mol. The summed E-state index contributed by atoms with van der Waals surface area (Å²) >= 11 is 0. The first-order valence-electron chi connectivity index (χ1n) is 19.4. The van der Waals surface area contributed by atoms with Crippen molar-refractivity contribution in [1.29, 1.82) is 0 Å². The number of aliphatic hydroxyl groups is 2. The summed E-state index contributed by atoms with van der Waals surface area (Å²) in [4.78, 5) is 65.7. The van der Waals surface area contributed by atoms with E-state index in [-0.39, 0.29) is 46.9 Å². The number of hydrogen-bond donors (Lipinski definition) is 6. The van der Waals surface area contributed by atoms with Crippen LogP contribution in [0.4, 0.5) is 0 Å². The number of ketones is 3. The summed E-state index contributed by atoms with van der Waals surface area (Å²) in [6.45, 7) is 4.60. The van der Waals surface area contributed by atoms with Crippen molar-refractivity contribution < 1.29 is 58.6 Å². The standard InChI is InChI=1S/C41H54N2O12/c1-5-6-7-8-9-10-11-12-13-17-29(45)42-21-30(46)43-26-18-31(54-22(2)36(26)47)55-28-20-41(52,23(3)44)19-25-33(28)40(51)35-34(38(25)49)37(48)24-15-14-16-27(53-4)32(24)39(35)50/h14-16,22,26,28,31,36,47,49,51-52H,5-13,17-21H2,1-4H3,(H,42,45)(H,43,46). The number of rotatable bonds is 17. The maximum Gasteiger partial charge on any atom is 0.239 e. The number of Topliss-reactive ketones (excluding diaryl/α,β-unsaturated/α-hetero) is 1. The van der Waals surface area contributed by atoms with Crippen molar-refractivity contribution in [3.8, 4) is 17.2 Å². The quantitative estimate of drug-likeness (QED) is 0.0841. The summed E-state index contributed by atoms with van der Waals surface area (Å²) in [6, 6.07) is 3.49. The number of amides is 2. The van der Waals surface area contributed by atoms with Crippen LogP contribution in [0.1, 0.15) is 147 Å². The molecule has 1 aliphatic heterocycles. The zero-order valence-corrected chi connectivity index (χ0v) is 32.1. The van der Waals surface area contributed by atoms with Gasteiger partial charge in [-0.2, -0.15) is 0 Å². The molecule has 55 heavy (non-hydrogen) atoms. The van der Waals surface area contributed by atoms with Crippen molar-refractivity contribution in [3.63, 3.8) is 0 Å². The molecule has 2 aliphatic carbocycles. The Bertz CT molecular complexity index is 1790. The van der Waals surface area contributed by atoms with E-state index in [2.05, 4.69) is 17.6 Å². The minimum atomic E-state index is -2.10. The number of carbonyl (C=O) groups excluding carboxylic acids is 5. The van der Waals surface area contributed by atoms with E-state index in [4.69, 9.17) is 14.2 Å². The summed E-state index contributed by atoms with van der Waals surface area (Å²) < 4.78 is 17.5. The summed E-state index contributed by atoms with van der Waals surface area (Å²) in [5, 5.41) is 51.1. The van der Waals surface area contributed by atoms with Gasteiger partial charge < -0.3 is 45.3 Å². The number of phenols is 2. The van der Waals surface area contributed by atoms with Crippen LogP contribution in [0.15, 0.2) is 18.2 Å². The Morgan fingerprint density at radius 1 is 0.927 bits per heavy atom. The molecule has 1 fully saturated rings. The SMILES string of the molecule is CCCCCCCCCCCC(=O)NCC(=O)NC1CC(OC2CC(O)(C(C)=O)Cc3c(O)c4c(c(O)c32)C(=O)c2c(OC)cccc2C4=O)OC(C)C1O. The minimum absolute atomic E-state index is 0.0495. The van der Waals surface area contributed by atoms with E-state index in [1.807, 2.05) is 0 Å². The number of aromatic hydroxyl groups is 2. The number of nitrogens with one attached hydrogen (secondary N) is 2. The molecule has 14 nitrogen and oxygen atoms in total. The molecule has 0 saturated carbocycles. The van der Waals surface area contributed by atoms with Gasteiger partial charge >= 0.3 is 0 Å². The molecule has 2 amide bonds. The fourth-order valence-corrected chi connectivity index (χ4v) is 7.89. The van der Waals surface area contributed by atoms with E-state index in [0.717, 1.165) is 32.6 Å². The highest BCUT2D eigenvalue weighted by atomic mass is 16.7. The predicted octanol–water partition coefficient (Wildman–Crippen LogP) is 4.22. The molecular formula is C41H54N2O12. The second-order valence-electron chi connectivity index (χ2n) is 15.0. The van der Waals surface area contributed by atoms with Crippen molar-refractivity contribution in [2.45, 2.75) is 140 Å². The lowest BCUT2D eigenvalue weighted by atomic mass is 9.72. The van der Waals surface area contributed by atoms with Crippen LogP contribution in [0.2, 0.25) is 0 Å². The molecule has 0 aromatic heterocycles. The predicted molar refractivity (Wildman–Crippen MR) is 199 cm³/mol. The maximum atomic E-state index is 13.9. The van der Waals surface area contributed by atoms with Crippen LogP contribution >= 0.6 is 0 Å². The Hall–Kier alpha value is -4.37. The van der Waals surface area contributed by atoms with Gasteiger partial charge in [-0.3, -0.25) is 24.0 Å². The van der Waals surface area contributed by atoms with Crippen molar-refractivity contribution in [1.82, 2.24) is 10.6 Å². The third kappa shape index (κ3) is 9.04. The Kier molecular flexibility index (Phi) is 13.7. The average Bonchev–Trinajstić information content (AvgIpc) is 3.15. The zero-order chi connectivity index (χ0) is 40.0. The largest absolute Gasteiger partial charge is 0.507 e. The molecule has 0 spiro atoms. The van der Waals surface area contributed by atoms with Gasteiger partial charge in [-0.05, 0) is 26.3 Å². The minimum Gasteiger partial charge on any atom is -0.507 e. The molecule has 2 aromatic rings. The van der Waals surface area contributed by atoms with Crippen LogP contribution in [-0.2, 0) is 30.3 Å². The number of hydrogen-bond acceptors (Lipinski definition) is 12. The summed E-state index contributed by atoms with van der Waals surface area (Å²) in [5.41, 5.74) is -3.45. The molecule has 6 unspecified atom stereocenters. The van der Waals surface area contributed by atoms with Crippen molar-refractivity contribution >= 4 is 29.2 Å². The Morgan fingerprint density at radius 3 is 2.24 bits per heavy atom. The van der Waals surface area contributed by atoms with Gasteiger partial charge in [-0.1, -0.05) is 70.4 Å². The van der Waals surface area contributed by atoms with Gasteiger partial charge in [0.25, 0.3) is 0 Å². The number of ether oxygens (including phenoxy) is 3. The van der Waals surface area contributed by atoms with Crippen LogP contribution in [0, 0.1) is 0 Å². The summed E-state index contributed by atoms with van der Waals surface area (Å²) in [6.07, 6.45) is 4.73. The van der Waals surface area contributed by atoms with Crippen LogP contribution in [0.5, 0.6) is 17.2 Å². The van der Waals surface area contributed by atoms with E-state index in [0.29, 0.717) is 6.42 Å². The maximum absolute atomic E-state index is 13.9. The fraction of sp³-hybridized carbons (Fsp3) is 0.585. The van der Waals surface area contributed by atoms with Crippen molar-refractivity contribution in [2.24, 2.45) is 0 Å². The number of benzene rings is 2. The van der Waals surface area contributed by atoms with E-state index >= 15 is 0 Å². The van der Waals surface area contributed by atoms with Gasteiger partial charge in [0.05, 0.1) is 48.6 Å². The highest BCUT2D eigenvalue weighted by molar-refractivity contribution is 6.31. The second-order valence-corrected chi connectivity index (χ2v) is 15.0. The van der Waals surface area contributed by atoms with E-state index in [1.165, 1.54) is 57.4 Å². The van der Waals surface area contributed by atoms with E-state index in [1.54, 1.807) is 6.92 Å². The number of phenolic OH excluding ortho intramolecular Hbond substituents is 2. The lowest BCUT2D eigenvalue weighted by Gasteiger charge is -2.42. The van der Waals surface area contributed by atoms with Crippen LogP contribution < -0.4 is 15.4 Å². The smallest absolute Gasteiger partial charge is 0.239 e. The van der Waals surface area contributed by atoms with Crippen molar-refractivity contribution in [2.75, 3.05) is 13.7 Å². The molecule has 6 atom stereocenters. The molecule has 2 aromatic carbocycles. The summed E-state index contributed by atoms with van der Waals surface area (Å²) in [5.74, 6) is -4.25. The van der Waals surface area contributed by atoms with E-state index in [9.17, 15) is 44.4 Å². The van der Waals surface area contributed by atoms with Gasteiger partial charge in [0.2, 0.25) is 17.6 Å². The van der Waals surface area contributed by atoms with Gasteiger partial charge in [0, 0.05) is 42.4 Å². The molecule has 5 rings (SSSR count). The zero-order valence-electron chi connectivity index (χ0n) is 32.1. The van der Waals surface area contributed by atoms with Gasteiger partial charge in [0.1, 0.15) is 29.0 Å². The monoisotopic (exact) mass is 766 g/mol. The number of methoxy groups -OCH3 is 1. The van der Waals surface area contributed by atoms with Crippen LogP contribution in [-0.4, -0.2) is 93.4 Å². The summed E-state index contributed by atoms with van der Waals surface area (Å²) in [7, 11) is 1.33. The number of carbonyl (C=O) groups is 5. The number of fused-ring (bicyclic) bond motifs is 3. The van der Waals surface area contributed by atoms with Crippen LogP contribution in [0.3, 0.4) is 0 Å². The Morgan fingerprint density at radius 2 is 1.58 bits per heavy atom. The van der Waals surface area contributed by atoms with Gasteiger partial charge in [0.15, 0.2) is 17.9 Å². The highest BCUT2D eigenvalue weighted by Gasteiger charge is 2.49. The van der Waals surface area contributed by atoms with E-state index < -0.39 is 95.0 Å². The second kappa shape index (κ2) is 18.1. The molecule has 300 valence electrons. The number of unbranched alkanes of at least 4 members (excludes halogenated alkanes) is 8.